The minimum Gasteiger partial charge on any atom is -0.302 e. The summed E-state index contributed by atoms with van der Waals surface area (Å²) >= 11 is 0. The first kappa shape index (κ1) is 7.60. The number of alkyl halides is 2. The Labute approximate surface area is 59.1 Å². The zero-order valence-electron chi connectivity index (χ0n) is 5.66. The molecule has 0 spiro atoms. The second kappa shape index (κ2) is 2.27. The van der Waals surface area contributed by atoms with E-state index in [0.717, 1.165) is 0 Å². The summed E-state index contributed by atoms with van der Waals surface area (Å²) in [7, 11) is 0. The van der Waals surface area contributed by atoms with Crippen molar-refractivity contribution in [3.05, 3.63) is 0 Å². The molecule has 0 bridgehead atoms. The highest BCUT2D eigenvalue weighted by Crippen LogP contribution is 2.25. The fourth-order valence-corrected chi connectivity index (χ4v) is 1.00. The zero-order valence-corrected chi connectivity index (χ0v) is 5.66. The molecule has 1 fully saturated rings. The number of carbonyl (C=O) groups excluding carboxylic acids is 1. The molecule has 10 heavy (non-hydrogen) atoms. The third kappa shape index (κ3) is 1.50. The van der Waals surface area contributed by atoms with Crippen LogP contribution in [0, 0.1) is 0 Å². The average molecular weight is 151 g/mol. The molecule has 0 unspecified atom stereocenters. The number of halogens is 2. The Morgan fingerprint density at radius 3 is 2.60 bits per heavy atom. The van der Waals surface area contributed by atoms with Gasteiger partial charge < -0.3 is 5.32 Å². The molecule has 1 heterocycles. The first-order valence-electron chi connectivity index (χ1n) is 3.13. The van der Waals surface area contributed by atoms with E-state index in [1.807, 2.05) is 0 Å². The highest BCUT2D eigenvalue weighted by atomic mass is 19.3. The van der Waals surface area contributed by atoms with Gasteiger partial charge in [0.25, 0.3) is 5.92 Å². The highest BCUT2D eigenvalue weighted by Gasteiger charge is 2.40. The van der Waals surface area contributed by atoms with Crippen LogP contribution in [0.1, 0.15) is 14.8 Å². The summed E-state index contributed by atoms with van der Waals surface area (Å²) in [5, 5.41) is 2.45. The van der Waals surface area contributed by atoms with Gasteiger partial charge in [0.2, 0.25) is 0 Å². The lowest BCUT2D eigenvalue weighted by Gasteiger charge is -2.04. The number of rotatable bonds is 1. The number of carbonyl (C=O) groups is 1. The van der Waals surface area contributed by atoms with Crippen LogP contribution in [0.15, 0.2) is 0 Å². The van der Waals surface area contributed by atoms with Crippen LogP contribution in [-0.2, 0) is 4.79 Å². The van der Waals surface area contributed by atoms with Crippen LogP contribution in [0.3, 0.4) is 0 Å². The van der Waals surface area contributed by atoms with E-state index < -0.39 is 12.0 Å². The Kier molecular flexibility index (Phi) is 1.72. The molecule has 0 saturated carbocycles. The molecule has 0 radical (unpaired) electrons. The number of hydrogen-bond acceptors (Lipinski definition) is 2. The maximum atomic E-state index is 12.3. The second-order valence-corrected chi connectivity index (χ2v) is 2.60. The third-order valence-electron chi connectivity index (χ3n) is 1.60. The van der Waals surface area contributed by atoms with Crippen LogP contribution in [0.25, 0.3) is 0 Å². The molecule has 0 aromatic carbocycles. The second-order valence-electron chi connectivity index (χ2n) is 2.60. The summed E-state index contributed by atoms with van der Waals surface area (Å²) in [5.41, 5.74) is 0. The number of hydrogen-bond donors (Lipinski definition) is 1. The number of Topliss-reactive ketones (excluding diaryl/α,β-unsaturated/α-hetero) is 1. The molecule has 1 aliphatic rings. The molecule has 0 aromatic rings. The molecular formula is C6H11F2NO. The van der Waals surface area contributed by atoms with Crippen molar-refractivity contribution in [2.45, 2.75) is 25.3 Å². The Morgan fingerprint density at radius 2 is 2.40 bits per heavy atom. The van der Waals surface area contributed by atoms with E-state index in [1.54, 1.807) is 0 Å². The fourth-order valence-electron chi connectivity index (χ4n) is 1.00. The monoisotopic (exact) mass is 151 g/mol. The van der Waals surface area contributed by atoms with E-state index in [9.17, 15) is 13.6 Å². The van der Waals surface area contributed by atoms with Crippen LogP contribution < -0.4 is 5.32 Å². The van der Waals surface area contributed by atoms with Crippen molar-refractivity contribution in [3.8, 4) is 0 Å². The maximum Gasteiger partial charge on any atom is 0.262 e. The van der Waals surface area contributed by atoms with Gasteiger partial charge in [-0.2, -0.15) is 0 Å². The molecule has 2 nitrogen and oxygen atoms in total. The van der Waals surface area contributed by atoms with Crippen molar-refractivity contribution >= 4 is 5.78 Å². The molecular weight excluding hydrogens is 140 g/mol. The van der Waals surface area contributed by atoms with Crippen LogP contribution in [0.4, 0.5) is 8.78 Å². The Bertz CT molecular complexity index is 163. The number of nitrogens with one attached hydrogen (secondary N) is 1. The molecule has 1 atom stereocenters. The van der Waals surface area contributed by atoms with Gasteiger partial charge in [-0.1, -0.05) is 0 Å². The van der Waals surface area contributed by atoms with E-state index in [-0.39, 0.29) is 20.2 Å². The van der Waals surface area contributed by atoms with Crippen molar-refractivity contribution in [2.24, 2.45) is 0 Å². The first-order chi connectivity index (χ1) is 4.51. The molecule has 1 N–H and O–H groups in total. The van der Waals surface area contributed by atoms with Gasteiger partial charge in [0.1, 0.15) is 5.78 Å². The van der Waals surface area contributed by atoms with Crippen molar-refractivity contribution in [3.63, 3.8) is 0 Å². The minimum absolute atomic E-state index is 0. The van der Waals surface area contributed by atoms with E-state index in [1.165, 1.54) is 6.92 Å². The first-order valence-corrected chi connectivity index (χ1v) is 3.13. The lowest BCUT2D eigenvalue weighted by molar-refractivity contribution is -0.119. The Hall–Kier alpha value is -0.510. The number of ketones is 1. The van der Waals surface area contributed by atoms with E-state index in [0.29, 0.717) is 0 Å². The zero-order chi connectivity index (χ0) is 7.78. The van der Waals surface area contributed by atoms with Crippen molar-refractivity contribution in [2.75, 3.05) is 6.54 Å². The van der Waals surface area contributed by atoms with Crippen LogP contribution >= 0.6 is 0 Å². The maximum absolute atomic E-state index is 12.3. The topological polar surface area (TPSA) is 29.1 Å². The molecule has 0 aromatic heterocycles. The summed E-state index contributed by atoms with van der Waals surface area (Å²) in [4.78, 5) is 10.5. The van der Waals surface area contributed by atoms with E-state index >= 15 is 0 Å². The van der Waals surface area contributed by atoms with Gasteiger partial charge >= 0.3 is 0 Å². The molecule has 0 aliphatic carbocycles. The predicted octanol–water partition coefficient (Wildman–Crippen LogP) is 0.819. The van der Waals surface area contributed by atoms with Crippen LogP contribution in [0.2, 0.25) is 0 Å². The summed E-state index contributed by atoms with van der Waals surface area (Å²) in [6.07, 6.45) is -0.345. The molecule has 4 heteroatoms. The van der Waals surface area contributed by atoms with Gasteiger partial charge in [0.05, 0.1) is 12.6 Å². The highest BCUT2D eigenvalue weighted by molar-refractivity contribution is 5.81. The van der Waals surface area contributed by atoms with Gasteiger partial charge in [-0.05, 0) is 6.92 Å². The molecule has 1 aliphatic heterocycles. The van der Waals surface area contributed by atoms with Crippen molar-refractivity contribution in [1.29, 1.82) is 0 Å². The van der Waals surface area contributed by atoms with Gasteiger partial charge in [0, 0.05) is 7.85 Å². The summed E-state index contributed by atoms with van der Waals surface area (Å²) in [6, 6.07) is -0.630. The lowest BCUT2D eigenvalue weighted by atomic mass is 10.1. The summed E-state index contributed by atoms with van der Waals surface area (Å²) in [5.74, 6) is -2.90. The Morgan fingerprint density at radius 1 is 1.80 bits per heavy atom. The lowest BCUT2D eigenvalue weighted by Crippen LogP contribution is -2.28. The van der Waals surface area contributed by atoms with Gasteiger partial charge in [-0.3, -0.25) is 4.79 Å². The van der Waals surface area contributed by atoms with E-state index in [4.69, 9.17) is 0 Å². The van der Waals surface area contributed by atoms with Gasteiger partial charge in [0.15, 0.2) is 0 Å². The summed E-state index contributed by atoms with van der Waals surface area (Å²) < 4.78 is 24.7. The summed E-state index contributed by atoms with van der Waals surface area (Å²) in [6.45, 7) is 0.955. The van der Waals surface area contributed by atoms with Gasteiger partial charge in [-0.15, -0.1) is 0 Å². The van der Waals surface area contributed by atoms with Crippen LogP contribution in [0.5, 0.6) is 0 Å². The smallest absolute Gasteiger partial charge is 0.262 e. The minimum atomic E-state index is -2.68. The average Bonchev–Trinajstić information content (AvgIpc) is 2.10. The van der Waals surface area contributed by atoms with Crippen LogP contribution in [-0.4, -0.2) is 24.3 Å². The molecule has 60 valence electrons. The fraction of sp³-hybridized carbons (Fsp3) is 0.833. The standard InChI is InChI=1S/C6H9F2NO.H2/c1-4(10)5-2-6(7,8)3-9-5;/h5,9H,2-3H2,1H3;1H/t5-;/m0./s1. The van der Waals surface area contributed by atoms with Crippen molar-refractivity contribution < 1.29 is 15.0 Å². The predicted molar refractivity (Wildman–Crippen MR) is 34.1 cm³/mol. The van der Waals surface area contributed by atoms with Gasteiger partial charge in [-0.25, -0.2) is 8.78 Å². The Balaban J connectivity index is 0.000001000. The third-order valence-corrected chi connectivity index (χ3v) is 1.60. The van der Waals surface area contributed by atoms with E-state index in [2.05, 4.69) is 5.32 Å². The van der Waals surface area contributed by atoms with Crippen molar-refractivity contribution in [1.82, 2.24) is 5.32 Å². The normalized spacial score (nSPS) is 30.5. The SMILES string of the molecule is CC(=O)[C@@H]1CC(F)(F)CN1.[HH]. The molecule has 1 saturated heterocycles. The quantitative estimate of drug-likeness (QED) is 0.601. The molecule has 1 rings (SSSR count). The molecule has 0 amide bonds. The largest absolute Gasteiger partial charge is 0.302 e.